The van der Waals surface area contributed by atoms with Crippen molar-refractivity contribution in [3.8, 4) is 0 Å². The fourth-order valence-corrected chi connectivity index (χ4v) is 2.40. The minimum atomic E-state index is 0.0538. The third-order valence-electron chi connectivity index (χ3n) is 3.76. The molecule has 6 nitrogen and oxygen atoms in total. The van der Waals surface area contributed by atoms with Crippen molar-refractivity contribution in [1.82, 2.24) is 19.9 Å². The molecule has 2 aromatic rings. The Hall–Kier alpha value is -1.95. The highest BCUT2D eigenvalue weighted by molar-refractivity contribution is 5.75. The Morgan fingerprint density at radius 2 is 2.24 bits per heavy atom. The topological polar surface area (TPSA) is 85.3 Å². The second-order valence-electron chi connectivity index (χ2n) is 5.21. The van der Waals surface area contributed by atoms with Gasteiger partial charge in [-0.05, 0) is 37.4 Å². The van der Waals surface area contributed by atoms with Crippen LogP contribution in [0.4, 0.5) is 0 Å². The zero-order valence-corrected chi connectivity index (χ0v) is 12.5. The van der Waals surface area contributed by atoms with Gasteiger partial charge >= 0.3 is 0 Å². The van der Waals surface area contributed by atoms with Crippen LogP contribution in [0.3, 0.4) is 0 Å². The number of hydrogen-bond acceptors (Lipinski definition) is 4. The Bertz CT molecular complexity index is 580. The third kappa shape index (κ3) is 4.26. The molecule has 21 heavy (non-hydrogen) atoms. The zero-order valence-electron chi connectivity index (χ0n) is 12.5. The first-order valence-corrected chi connectivity index (χ1v) is 7.50. The summed E-state index contributed by atoms with van der Waals surface area (Å²) in [4.78, 5) is 11.9. The number of nitrogens with two attached hydrogens (primary N) is 1. The number of fused-ring (bicyclic) bond motifs is 1. The molecule has 1 unspecified atom stereocenters. The summed E-state index contributed by atoms with van der Waals surface area (Å²) in [5, 5.41) is 11.1. The first kappa shape index (κ1) is 15.4. The van der Waals surface area contributed by atoms with Crippen LogP contribution in [0, 0.1) is 5.92 Å². The maximum atomic E-state index is 11.9. The molecule has 0 bridgehead atoms. The molecule has 3 N–H and O–H groups in total. The number of nitrogens with one attached hydrogen (secondary N) is 1. The van der Waals surface area contributed by atoms with Crippen LogP contribution in [0.25, 0.3) is 5.65 Å². The Kier molecular flexibility index (Phi) is 5.68. The van der Waals surface area contributed by atoms with Gasteiger partial charge in [0.2, 0.25) is 5.91 Å². The van der Waals surface area contributed by atoms with Crippen molar-refractivity contribution in [3.63, 3.8) is 0 Å². The summed E-state index contributed by atoms with van der Waals surface area (Å²) < 4.78 is 1.88. The quantitative estimate of drug-likeness (QED) is 0.771. The molecule has 114 valence electrons. The van der Waals surface area contributed by atoms with Crippen molar-refractivity contribution < 1.29 is 4.79 Å². The van der Waals surface area contributed by atoms with E-state index in [1.807, 2.05) is 28.8 Å². The van der Waals surface area contributed by atoms with Gasteiger partial charge in [0, 0.05) is 12.6 Å². The van der Waals surface area contributed by atoms with Gasteiger partial charge in [-0.1, -0.05) is 19.4 Å². The number of pyridine rings is 1. The van der Waals surface area contributed by atoms with Gasteiger partial charge in [-0.3, -0.25) is 9.20 Å². The van der Waals surface area contributed by atoms with Crippen LogP contribution in [0.15, 0.2) is 24.4 Å². The summed E-state index contributed by atoms with van der Waals surface area (Å²) in [6.07, 6.45) is 5.37. The number of hydrogen-bond donors (Lipinski definition) is 2. The number of aromatic nitrogens is 3. The Balaban J connectivity index is 1.81. The maximum Gasteiger partial charge on any atom is 0.220 e. The molecule has 6 heteroatoms. The van der Waals surface area contributed by atoms with Crippen LogP contribution in [0.5, 0.6) is 0 Å². The normalized spacial score (nSPS) is 12.5. The lowest BCUT2D eigenvalue weighted by molar-refractivity contribution is -0.121. The predicted molar refractivity (Wildman–Crippen MR) is 81.5 cm³/mol. The van der Waals surface area contributed by atoms with Crippen molar-refractivity contribution in [2.24, 2.45) is 11.7 Å². The van der Waals surface area contributed by atoms with Gasteiger partial charge in [0.05, 0.1) is 6.54 Å². The van der Waals surface area contributed by atoms with E-state index in [4.69, 9.17) is 5.73 Å². The minimum Gasteiger partial charge on any atom is -0.349 e. The standard InChI is InChI=1S/C15H23N5O/c1-2-12(8-9-16)6-7-15(21)17-11-14-19-18-13-5-3-4-10-20(13)14/h3-5,10,12H,2,6-9,11,16H2,1H3,(H,17,21). The number of carbonyl (C=O) groups is 1. The fourth-order valence-electron chi connectivity index (χ4n) is 2.40. The number of carbonyl (C=O) groups excluding carboxylic acids is 1. The van der Waals surface area contributed by atoms with Crippen molar-refractivity contribution in [2.45, 2.75) is 39.2 Å². The SMILES string of the molecule is CCC(CCN)CCC(=O)NCc1nnc2ccccn12. The van der Waals surface area contributed by atoms with E-state index in [0.717, 1.165) is 30.7 Å². The smallest absolute Gasteiger partial charge is 0.220 e. The van der Waals surface area contributed by atoms with E-state index in [9.17, 15) is 4.79 Å². The average Bonchev–Trinajstić information content (AvgIpc) is 2.92. The second kappa shape index (κ2) is 7.73. The van der Waals surface area contributed by atoms with Gasteiger partial charge in [0.25, 0.3) is 0 Å². The lowest BCUT2D eigenvalue weighted by Crippen LogP contribution is -2.24. The highest BCUT2D eigenvalue weighted by Gasteiger charge is 2.10. The van der Waals surface area contributed by atoms with E-state index in [-0.39, 0.29) is 5.91 Å². The molecular formula is C15H23N5O. The summed E-state index contributed by atoms with van der Waals surface area (Å²) in [5.41, 5.74) is 6.36. The Labute approximate surface area is 124 Å². The Morgan fingerprint density at radius 1 is 1.38 bits per heavy atom. The summed E-state index contributed by atoms with van der Waals surface area (Å²) in [6.45, 7) is 3.23. The summed E-state index contributed by atoms with van der Waals surface area (Å²) >= 11 is 0. The molecule has 0 aliphatic heterocycles. The van der Waals surface area contributed by atoms with E-state index in [2.05, 4.69) is 22.4 Å². The van der Waals surface area contributed by atoms with Crippen LogP contribution in [-0.2, 0) is 11.3 Å². The third-order valence-corrected chi connectivity index (χ3v) is 3.76. The van der Waals surface area contributed by atoms with Gasteiger partial charge in [-0.15, -0.1) is 10.2 Å². The van der Waals surface area contributed by atoms with Crippen LogP contribution < -0.4 is 11.1 Å². The van der Waals surface area contributed by atoms with Crippen LogP contribution in [0.2, 0.25) is 0 Å². The maximum absolute atomic E-state index is 11.9. The molecule has 0 radical (unpaired) electrons. The van der Waals surface area contributed by atoms with Crippen LogP contribution in [0.1, 0.15) is 38.4 Å². The lowest BCUT2D eigenvalue weighted by atomic mass is 9.96. The largest absolute Gasteiger partial charge is 0.349 e. The number of rotatable bonds is 8. The molecule has 1 atom stereocenters. The molecule has 0 fully saturated rings. The molecule has 0 aromatic carbocycles. The van der Waals surface area contributed by atoms with Crippen LogP contribution >= 0.6 is 0 Å². The summed E-state index contributed by atoms with van der Waals surface area (Å²) in [5.74, 6) is 1.33. The summed E-state index contributed by atoms with van der Waals surface area (Å²) in [6, 6.07) is 5.71. The van der Waals surface area contributed by atoms with Crippen LogP contribution in [-0.4, -0.2) is 27.0 Å². The van der Waals surface area contributed by atoms with E-state index in [1.54, 1.807) is 0 Å². The highest BCUT2D eigenvalue weighted by atomic mass is 16.1. The molecule has 0 saturated carbocycles. The lowest BCUT2D eigenvalue weighted by Gasteiger charge is -2.12. The van der Waals surface area contributed by atoms with Gasteiger partial charge < -0.3 is 11.1 Å². The van der Waals surface area contributed by atoms with Gasteiger partial charge in [-0.2, -0.15) is 0 Å². The first-order valence-electron chi connectivity index (χ1n) is 7.50. The molecule has 0 aliphatic carbocycles. The summed E-state index contributed by atoms with van der Waals surface area (Å²) in [7, 11) is 0. The van der Waals surface area contributed by atoms with Crippen molar-refractivity contribution in [3.05, 3.63) is 30.2 Å². The Morgan fingerprint density at radius 3 is 3.00 bits per heavy atom. The highest BCUT2D eigenvalue weighted by Crippen LogP contribution is 2.14. The monoisotopic (exact) mass is 289 g/mol. The molecule has 2 aromatic heterocycles. The van der Waals surface area contributed by atoms with Gasteiger partial charge in [0.15, 0.2) is 11.5 Å². The van der Waals surface area contributed by atoms with Crippen molar-refractivity contribution in [1.29, 1.82) is 0 Å². The second-order valence-corrected chi connectivity index (χ2v) is 5.21. The minimum absolute atomic E-state index is 0.0538. The first-order chi connectivity index (χ1) is 10.2. The molecular weight excluding hydrogens is 266 g/mol. The molecule has 0 aliphatic rings. The zero-order chi connectivity index (χ0) is 15.1. The van der Waals surface area contributed by atoms with E-state index < -0.39 is 0 Å². The molecule has 2 rings (SSSR count). The van der Waals surface area contributed by atoms with Crippen molar-refractivity contribution in [2.75, 3.05) is 6.54 Å². The fraction of sp³-hybridized carbons (Fsp3) is 0.533. The molecule has 0 spiro atoms. The van der Waals surface area contributed by atoms with Gasteiger partial charge in [0.1, 0.15) is 0 Å². The van der Waals surface area contributed by atoms with E-state index in [0.29, 0.717) is 25.4 Å². The predicted octanol–water partition coefficient (Wildman–Crippen LogP) is 1.50. The average molecular weight is 289 g/mol. The molecule has 0 saturated heterocycles. The molecule has 1 amide bonds. The number of amides is 1. The van der Waals surface area contributed by atoms with Gasteiger partial charge in [-0.25, -0.2) is 0 Å². The van der Waals surface area contributed by atoms with E-state index >= 15 is 0 Å². The number of nitrogens with zero attached hydrogens (tertiary/aromatic N) is 3. The molecule has 2 heterocycles. The van der Waals surface area contributed by atoms with Crippen molar-refractivity contribution >= 4 is 11.6 Å². The van der Waals surface area contributed by atoms with E-state index in [1.165, 1.54) is 0 Å².